The van der Waals surface area contributed by atoms with Crippen LogP contribution in [-0.2, 0) is 0 Å². The minimum absolute atomic E-state index is 0.369. The van der Waals surface area contributed by atoms with E-state index < -0.39 is 0 Å². The largest absolute Gasteiger partial charge is 0.366 e. The summed E-state index contributed by atoms with van der Waals surface area (Å²) in [5, 5.41) is 12.2. The third-order valence-corrected chi connectivity index (χ3v) is 3.72. The van der Waals surface area contributed by atoms with E-state index in [-0.39, 0.29) is 0 Å². The molecule has 2 rings (SSSR count). The summed E-state index contributed by atoms with van der Waals surface area (Å²) in [7, 11) is 0. The molecular weight excluding hydrogens is 238 g/mol. The van der Waals surface area contributed by atoms with Crippen molar-refractivity contribution in [1.29, 1.82) is 5.26 Å². The van der Waals surface area contributed by atoms with Crippen molar-refractivity contribution in [1.82, 2.24) is 14.9 Å². The summed E-state index contributed by atoms with van der Waals surface area (Å²) in [6.07, 6.45) is 8.33. The highest BCUT2D eigenvalue weighted by atomic mass is 15.2. The maximum absolute atomic E-state index is 8.94. The number of hydrogen-bond donors (Lipinski definition) is 1. The normalized spacial score (nSPS) is 19.9. The van der Waals surface area contributed by atoms with Gasteiger partial charge in [-0.3, -0.25) is 4.90 Å². The highest BCUT2D eigenvalue weighted by Gasteiger charge is 2.19. The van der Waals surface area contributed by atoms with Crippen LogP contribution in [0.5, 0.6) is 0 Å². The lowest BCUT2D eigenvalue weighted by Crippen LogP contribution is -2.41. The molecule has 0 bridgehead atoms. The molecule has 102 valence electrons. The molecule has 0 spiro atoms. The zero-order chi connectivity index (χ0) is 13.5. The monoisotopic (exact) mass is 259 g/mol. The minimum Gasteiger partial charge on any atom is -0.366 e. The summed E-state index contributed by atoms with van der Waals surface area (Å²) in [4.78, 5) is 10.7. The van der Waals surface area contributed by atoms with Gasteiger partial charge in [0, 0.05) is 31.5 Å². The molecule has 1 atom stereocenters. The third kappa shape index (κ3) is 3.65. The van der Waals surface area contributed by atoms with E-state index in [1.165, 1.54) is 32.2 Å². The van der Waals surface area contributed by atoms with Crippen molar-refractivity contribution >= 4 is 5.82 Å². The zero-order valence-corrected chi connectivity index (χ0v) is 11.5. The Balaban J connectivity index is 1.84. The quantitative estimate of drug-likeness (QED) is 0.876. The summed E-state index contributed by atoms with van der Waals surface area (Å²) in [6.45, 7) is 5.25. The summed E-state index contributed by atoms with van der Waals surface area (Å²) in [6, 6.07) is 2.77. The average Bonchev–Trinajstić information content (AvgIpc) is 2.48. The Kier molecular flexibility index (Phi) is 5.10. The summed E-state index contributed by atoms with van der Waals surface area (Å²) in [5.74, 6) is 0.593. The first kappa shape index (κ1) is 13.8. The van der Waals surface area contributed by atoms with Crippen molar-refractivity contribution in [3.05, 3.63) is 18.1 Å². The Labute approximate surface area is 114 Å². The molecule has 0 aromatic carbocycles. The highest BCUT2D eigenvalue weighted by Crippen LogP contribution is 2.18. The Bertz CT molecular complexity index is 440. The Hall–Kier alpha value is -1.67. The van der Waals surface area contributed by atoms with E-state index in [2.05, 4.69) is 33.2 Å². The van der Waals surface area contributed by atoms with Gasteiger partial charge in [0.15, 0.2) is 11.5 Å². The topological polar surface area (TPSA) is 64.8 Å². The summed E-state index contributed by atoms with van der Waals surface area (Å²) in [5.41, 5.74) is 0.369. The fourth-order valence-electron chi connectivity index (χ4n) is 2.68. The van der Waals surface area contributed by atoms with Crippen molar-refractivity contribution in [2.45, 2.75) is 38.6 Å². The Morgan fingerprint density at radius 3 is 3.05 bits per heavy atom. The molecule has 1 aromatic rings. The van der Waals surface area contributed by atoms with Gasteiger partial charge in [0.2, 0.25) is 0 Å². The van der Waals surface area contributed by atoms with Crippen molar-refractivity contribution in [2.75, 3.05) is 25.0 Å². The first-order valence-electron chi connectivity index (χ1n) is 7.04. The van der Waals surface area contributed by atoms with Crippen molar-refractivity contribution < 1.29 is 0 Å². The second kappa shape index (κ2) is 7.05. The molecule has 1 fully saturated rings. The lowest BCUT2D eigenvalue weighted by molar-refractivity contribution is 0.150. The zero-order valence-electron chi connectivity index (χ0n) is 11.5. The molecule has 5 nitrogen and oxygen atoms in total. The third-order valence-electron chi connectivity index (χ3n) is 3.72. The number of anilines is 1. The summed E-state index contributed by atoms with van der Waals surface area (Å²) >= 11 is 0. The molecule has 1 aliphatic rings. The molecule has 1 N–H and O–H groups in total. The number of aromatic nitrogens is 2. The van der Waals surface area contributed by atoms with Crippen LogP contribution in [0.2, 0.25) is 0 Å². The molecule has 5 heteroatoms. The van der Waals surface area contributed by atoms with Gasteiger partial charge < -0.3 is 5.32 Å². The van der Waals surface area contributed by atoms with Crippen LogP contribution in [0.15, 0.2) is 12.4 Å². The first-order valence-corrected chi connectivity index (χ1v) is 7.04. The lowest BCUT2D eigenvalue weighted by atomic mass is 10.0. The lowest BCUT2D eigenvalue weighted by Gasteiger charge is -2.35. The maximum Gasteiger partial charge on any atom is 0.182 e. The van der Waals surface area contributed by atoms with Gasteiger partial charge in [-0.2, -0.15) is 5.26 Å². The van der Waals surface area contributed by atoms with Crippen LogP contribution in [0.1, 0.15) is 38.3 Å². The maximum atomic E-state index is 8.94. The predicted molar refractivity (Wildman–Crippen MR) is 74.7 cm³/mol. The number of hydrogen-bond acceptors (Lipinski definition) is 5. The number of nitrogens with zero attached hydrogens (tertiary/aromatic N) is 4. The second-order valence-corrected chi connectivity index (χ2v) is 4.89. The smallest absolute Gasteiger partial charge is 0.182 e. The van der Waals surface area contributed by atoms with Crippen LogP contribution in [0.3, 0.4) is 0 Å². The number of nitrogens with one attached hydrogen (secondary N) is 1. The van der Waals surface area contributed by atoms with Crippen molar-refractivity contribution in [2.24, 2.45) is 0 Å². The Morgan fingerprint density at radius 2 is 2.26 bits per heavy atom. The van der Waals surface area contributed by atoms with Gasteiger partial charge in [0.05, 0.1) is 0 Å². The molecule has 0 amide bonds. The van der Waals surface area contributed by atoms with E-state index in [4.69, 9.17) is 5.26 Å². The van der Waals surface area contributed by atoms with Gasteiger partial charge in [0.25, 0.3) is 0 Å². The molecule has 0 radical (unpaired) electrons. The molecule has 0 aliphatic carbocycles. The van der Waals surface area contributed by atoms with Crippen LogP contribution < -0.4 is 5.32 Å². The first-order chi connectivity index (χ1) is 9.35. The molecule has 0 unspecified atom stereocenters. The van der Waals surface area contributed by atoms with Crippen LogP contribution in [0.4, 0.5) is 5.82 Å². The van der Waals surface area contributed by atoms with E-state index in [1.54, 1.807) is 12.4 Å². The van der Waals surface area contributed by atoms with E-state index in [1.807, 2.05) is 0 Å². The molecular formula is C14H21N5. The van der Waals surface area contributed by atoms with Crippen molar-refractivity contribution in [3.8, 4) is 6.07 Å². The SMILES string of the molecule is CC[C@@H]1CCCCN1CCNc1nccnc1C#N. The van der Waals surface area contributed by atoms with E-state index in [0.717, 1.165) is 13.1 Å². The van der Waals surface area contributed by atoms with E-state index >= 15 is 0 Å². The van der Waals surface area contributed by atoms with Gasteiger partial charge in [-0.1, -0.05) is 13.3 Å². The predicted octanol–water partition coefficient (Wildman–Crippen LogP) is 2.02. The molecule has 2 heterocycles. The molecule has 1 saturated heterocycles. The molecule has 1 aromatic heterocycles. The van der Waals surface area contributed by atoms with Gasteiger partial charge in [-0.15, -0.1) is 0 Å². The highest BCUT2D eigenvalue weighted by molar-refractivity contribution is 5.46. The average molecular weight is 259 g/mol. The minimum atomic E-state index is 0.369. The van der Waals surface area contributed by atoms with Crippen molar-refractivity contribution in [3.63, 3.8) is 0 Å². The van der Waals surface area contributed by atoms with Gasteiger partial charge >= 0.3 is 0 Å². The standard InChI is InChI=1S/C14H21N5/c1-2-12-5-3-4-9-19(12)10-8-18-14-13(11-15)16-6-7-17-14/h6-7,12H,2-5,8-10H2,1H3,(H,17,18)/t12-/m1/s1. The number of rotatable bonds is 5. The fraction of sp³-hybridized carbons (Fsp3) is 0.643. The Morgan fingerprint density at radius 1 is 1.42 bits per heavy atom. The number of likely N-dealkylation sites (tertiary alicyclic amines) is 1. The number of piperidine rings is 1. The van der Waals surface area contributed by atoms with E-state index in [0.29, 0.717) is 17.6 Å². The van der Waals surface area contributed by atoms with Crippen LogP contribution in [-0.4, -0.2) is 40.5 Å². The van der Waals surface area contributed by atoms with Crippen LogP contribution in [0, 0.1) is 11.3 Å². The summed E-state index contributed by atoms with van der Waals surface area (Å²) < 4.78 is 0. The van der Waals surface area contributed by atoms with Crippen LogP contribution in [0.25, 0.3) is 0 Å². The van der Waals surface area contributed by atoms with Crippen LogP contribution >= 0.6 is 0 Å². The fourth-order valence-corrected chi connectivity index (χ4v) is 2.68. The second-order valence-electron chi connectivity index (χ2n) is 4.89. The van der Waals surface area contributed by atoms with Gasteiger partial charge in [0.1, 0.15) is 6.07 Å². The van der Waals surface area contributed by atoms with Gasteiger partial charge in [-0.05, 0) is 25.8 Å². The molecule has 19 heavy (non-hydrogen) atoms. The number of nitriles is 1. The molecule has 1 aliphatic heterocycles. The van der Waals surface area contributed by atoms with E-state index in [9.17, 15) is 0 Å². The van der Waals surface area contributed by atoms with Gasteiger partial charge in [-0.25, -0.2) is 9.97 Å². The molecule has 0 saturated carbocycles.